The Morgan fingerprint density at radius 2 is 2.17 bits per heavy atom. The van der Waals surface area contributed by atoms with Gasteiger partial charge in [0.15, 0.2) is 0 Å². The Morgan fingerprint density at radius 1 is 1.33 bits per heavy atom. The Labute approximate surface area is 105 Å². The first kappa shape index (κ1) is 12.2. The highest BCUT2D eigenvalue weighted by Crippen LogP contribution is 2.17. The lowest BCUT2D eigenvalue weighted by atomic mass is 10.2. The Bertz CT molecular complexity index is 568. The van der Waals surface area contributed by atoms with Gasteiger partial charge in [0.1, 0.15) is 5.82 Å². The Hall–Kier alpha value is -2.30. The summed E-state index contributed by atoms with van der Waals surface area (Å²) in [4.78, 5) is 15.5. The number of pyridine rings is 1. The molecule has 5 heteroatoms. The van der Waals surface area contributed by atoms with Crippen LogP contribution in [0.5, 0.6) is 0 Å². The Kier molecular flexibility index (Phi) is 3.62. The number of nitrogens with two attached hydrogens (primary N) is 1. The van der Waals surface area contributed by atoms with Gasteiger partial charge < -0.3 is 16.4 Å². The van der Waals surface area contributed by atoms with Gasteiger partial charge in [-0.1, -0.05) is 0 Å². The fraction of sp³-hybridized carbons (Fsp3) is 0.231. The maximum absolute atomic E-state index is 11.1. The molecule has 0 spiro atoms. The maximum atomic E-state index is 11.1. The molecular formula is C13H16N4O. The number of benzene rings is 1. The molecule has 0 fully saturated rings. The summed E-state index contributed by atoms with van der Waals surface area (Å²) in [7, 11) is 1.63. The number of nitrogens with one attached hydrogen (secondary N) is 2. The standard InChI is InChI=1S/C13H16N4O/c1-15-13(18)6-7-16-12-5-2-9-8-10(14)3-4-11(9)17-12/h2-5,8H,6-7,14H2,1H3,(H,15,18)(H,16,17). The van der Waals surface area contributed by atoms with Crippen LogP contribution in [-0.2, 0) is 4.79 Å². The van der Waals surface area contributed by atoms with E-state index in [4.69, 9.17) is 5.73 Å². The number of aromatic nitrogens is 1. The molecular weight excluding hydrogens is 228 g/mol. The second-order valence-corrected chi connectivity index (χ2v) is 4.00. The zero-order chi connectivity index (χ0) is 13.0. The van der Waals surface area contributed by atoms with Gasteiger partial charge in [0.05, 0.1) is 5.52 Å². The third kappa shape index (κ3) is 2.88. The first-order chi connectivity index (χ1) is 8.69. The van der Waals surface area contributed by atoms with E-state index >= 15 is 0 Å². The minimum absolute atomic E-state index is 0.0102. The summed E-state index contributed by atoms with van der Waals surface area (Å²) < 4.78 is 0. The second kappa shape index (κ2) is 5.35. The molecule has 2 aromatic rings. The molecule has 1 amide bonds. The van der Waals surface area contributed by atoms with E-state index in [1.807, 2.05) is 30.3 Å². The van der Waals surface area contributed by atoms with Crippen LogP contribution in [0.2, 0.25) is 0 Å². The third-order valence-electron chi connectivity index (χ3n) is 2.65. The van der Waals surface area contributed by atoms with Crippen molar-refractivity contribution in [1.29, 1.82) is 0 Å². The van der Waals surface area contributed by atoms with Crippen molar-refractivity contribution in [2.45, 2.75) is 6.42 Å². The average Bonchev–Trinajstić information content (AvgIpc) is 2.38. The van der Waals surface area contributed by atoms with Gasteiger partial charge in [-0.2, -0.15) is 0 Å². The van der Waals surface area contributed by atoms with E-state index in [1.54, 1.807) is 7.05 Å². The lowest BCUT2D eigenvalue weighted by molar-refractivity contribution is -0.120. The van der Waals surface area contributed by atoms with Crippen molar-refractivity contribution in [2.24, 2.45) is 0 Å². The van der Waals surface area contributed by atoms with Crippen molar-refractivity contribution < 1.29 is 4.79 Å². The number of fused-ring (bicyclic) bond motifs is 1. The van der Waals surface area contributed by atoms with Gasteiger partial charge in [-0.3, -0.25) is 4.79 Å². The van der Waals surface area contributed by atoms with Crippen LogP contribution in [0, 0.1) is 0 Å². The van der Waals surface area contributed by atoms with Gasteiger partial charge in [0, 0.05) is 31.1 Å². The number of nitrogen functional groups attached to an aromatic ring is 1. The van der Waals surface area contributed by atoms with Crippen molar-refractivity contribution in [3.63, 3.8) is 0 Å². The van der Waals surface area contributed by atoms with Crippen molar-refractivity contribution in [3.05, 3.63) is 30.3 Å². The van der Waals surface area contributed by atoms with Crippen molar-refractivity contribution in [1.82, 2.24) is 10.3 Å². The molecule has 4 N–H and O–H groups in total. The lowest BCUT2D eigenvalue weighted by Gasteiger charge is -2.06. The van der Waals surface area contributed by atoms with Gasteiger partial charge in [-0.05, 0) is 30.3 Å². The molecule has 5 nitrogen and oxygen atoms in total. The van der Waals surface area contributed by atoms with Crippen molar-refractivity contribution in [3.8, 4) is 0 Å². The summed E-state index contributed by atoms with van der Waals surface area (Å²) >= 11 is 0. The number of carbonyl (C=O) groups excluding carboxylic acids is 1. The molecule has 18 heavy (non-hydrogen) atoms. The molecule has 94 valence electrons. The predicted octanol–water partition coefficient (Wildman–Crippen LogP) is 1.36. The highest BCUT2D eigenvalue weighted by Gasteiger charge is 2.00. The fourth-order valence-corrected chi connectivity index (χ4v) is 1.67. The summed E-state index contributed by atoms with van der Waals surface area (Å²) in [5.41, 5.74) is 7.31. The van der Waals surface area contributed by atoms with Crippen LogP contribution in [0.1, 0.15) is 6.42 Å². The Balaban J connectivity index is 2.06. The highest BCUT2D eigenvalue weighted by molar-refractivity contribution is 5.83. The molecule has 0 aliphatic carbocycles. The van der Waals surface area contributed by atoms with Gasteiger partial charge in [0.25, 0.3) is 0 Å². The third-order valence-corrected chi connectivity index (χ3v) is 2.65. The number of hydrogen-bond donors (Lipinski definition) is 3. The summed E-state index contributed by atoms with van der Waals surface area (Å²) in [6, 6.07) is 9.43. The molecule has 1 aromatic carbocycles. The average molecular weight is 244 g/mol. The molecule has 0 bridgehead atoms. The molecule has 0 radical (unpaired) electrons. The number of carbonyl (C=O) groups is 1. The number of anilines is 2. The quantitative estimate of drug-likeness (QED) is 0.709. The highest BCUT2D eigenvalue weighted by atomic mass is 16.1. The molecule has 0 unspecified atom stereocenters. The lowest BCUT2D eigenvalue weighted by Crippen LogP contribution is -2.20. The van der Waals surface area contributed by atoms with Gasteiger partial charge in [-0.25, -0.2) is 4.98 Å². The summed E-state index contributed by atoms with van der Waals surface area (Å²) in [5, 5.41) is 6.69. The molecule has 0 aliphatic rings. The largest absolute Gasteiger partial charge is 0.399 e. The van der Waals surface area contributed by atoms with Crippen LogP contribution in [0.25, 0.3) is 10.9 Å². The molecule has 2 rings (SSSR count). The SMILES string of the molecule is CNC(=O)CCNc1ccc2cc(N)ccc2n1. The van der Waals surface area contributed by atoms with Gasteiger partial charge in [0.2, 0.25) is 5.91 Å². The van der Waals surface area contributed by atoms with Crippen LogP contribution in [0.4, 0.5) is 11.5 Å². The summed E-state index contributed by atoms with van der Waals surface area (Å²) in [6.45, 7) is 0.563. The van der Waals surface area contributed by atoms with Crippen molar-refractivity contribution >= 4 is 28.3 Å². The van der Waals surface area contributed by atoms with Crippen molar-refractivity contribution in [2.75, 3.05) is 24.6 Å². The van der Waals surface area contributed by atoms with Crippen LogP contribution in [0.15, 0.2) is 30.3 Å². The zero-order valence-corrected chi connectivity index (χ0v) is 10.2. The van der Waals surface area contributed by atoms with Crippen LogP contribution in [0.3, 0.4) is 0 Å². The van der Waals surface area contributed by atoms with E-state index in [9.17, 15) is 4.79 Å². The van der Waals surface area contributed by atoms with Gasteiger partial charge in [-0.15, -0.1) is 0 Å². The van der Waals surface area contributed by atoms with Gasteiger partial charge >= 0.3 is 0 Å². The summed E-state index contributed by atoms with van der Waals surface area (Å²) in [6.07, 6.45) is 0.429. The molecule has 0 atom stereocenters. The minimum atomic E-state index is 0.0102. The molecule has 0 saturated carbocycles. The molecule has 1 aromatic heterocycles. The predicted molar refractivity (Wildman–Crippen MR) is 73.3 cm³/mol. The van der Waals surface area contributed by atoms with E-state index in [0.29, 0.717) is 13.0 Å². The Morgan fingerprint density at radius 3 is 2.94 bits per heavy atom. The molecule has 0 saturated heterocycles. The molecule has 0 aliphatic heterocycles. The smallest absolute Gasteiger partial charge is 0.221 e. The van der Waals surface area contributed by atoms with Crippen LogP contribution >= 0.6 is 0 Å². The number of hydrogen-bond acceptors (Lipinski definition) is 4. The van der Waals surface area contributed by atoms with E-state index in [0.717, 1.165) is 22.4 Å². The molecule has 1 heterocycles. The second-order valence-electron chi connectivity index (χ2n) is 4.00. The summed E-state index contributed by atoms with van der Waals surface area (Å²) in [5.74, 6) is 0.771. The minimum Gasteiger partial charge on any atom is -0.399 e. The van der Waals surface area contributed by atoms with Crippen LogP contribution in [-0.4, -0.2) is 24.5 Å². The van der Waals surface area contributed by atoms with Crippen LogP contribution < -0.4 is 16.4 Å². The number of nitrogens with zero attached hydrogens (tertiary/aromatic N) is 1. The number of rotatable bonds is 4. The van der Waals surface area contributed by atoms with E-state index in [1.165, 1.54) is 0 Å². The monoisotopic (exact) mass is 244 g/mol. The fourth-order valence-electron chi connectivity index (χ4n) is 1.67. The first-order valence-electron chi connectivity index (χ1n) is 5.80. The topological polar surface area (TPSA) is 80.0 Å². The maximum Gasteiger partial charge on any atom is 0.221 e. The first-order valence-corrected chi connectivity index (χ1v) is 5.80. The number of amides is 1. The zero-order valence-electron chi connectivity index (χ0n) is 10.2. The normalized spacial score (nSPS) is 10.3. The van der Waals surface area contributed by atoms with E-state index in [-0.39, 0.29) is 5.91 Å². The van der Waals surface area contributed by atoms with E-state index < -0.39 is 0 Å². The van der Waals surface area contributed by atoms with E-state index in [2.05, 4.69) is 15.6 Å².